The van der Waals surface area contributed by atoms with Crippen molar-refractivity contribution in [3.63, 3.8) is 0 Å². The Morgan fingerprint density at radius 2 is 2.08 bits per heavy atom. The number of anilines is 2. The fourth-order valence-electron chi connectivity index (χ4n) is 2.41. The highest BCUT2D eigenvalue weighted by molar-refractivity contribution is 6.36. The number of nitrogens with zero attached hydrogens (tertiary/aromatic N) is 4. The zero-order valence-corrected chi connectivity index (χ0v) is 15.5. The van der Waals surface area contributed by atoms with Crippen LogP contribution in [0.2, 0.25) is 0 Å². The van der Waals surface area contributed by atoms with Gasteiger partial charge in [0.25, 0.3) is 0 Å². The number of nitrogens with one attached hydrogen (secondary N) is 2. The van der Waals surface area contributed by atoms with E-state index in [2.05, 4.69) is 48.4 Å². The van der Waals surface area contributed by atoms with Gasteiger partial charge >= 0.3 is 0 Å². The zero-order valence-electron chi connectivity index (χ0n) is 15.5. The van der Waals surface area contributed by atoms with Crippen LogP contribution in [0.15, 0.2) is 36.8 Å². The third-order valence-electron chi connectivity index (χ3n) is 4.51. The summed E-state index contributed by atoms with van der Waals surface area (Å²) in [4.78, 5) is 8.90. The molecule has 0 amide bonds. The molecule has 3 rings (SSSR count). The topological polar surface area (TPSA) is 67.1 Å². The molecule has 0 unspecified atom stereocenters. The van der Waals surface area contributed by atoms with E-state index >= 15 is 0 Å². The third kappa shape index (κ3) is 3.92. The minimum Gasteiger partial charge on any atom is -0.367 e. The molecule has 0 aliphatic carbocycles. The van der Waals surface area contributed by atoms with Gasteiger partial charge in [-0.15, -0.1) is 0 Å². The molecule has 0 bridgehead atoms. The average molecular weight is 336 g/mol. The molecule has 3 aromatic heterocycles. The summed E-state index contributed by atoms with van der Waals surface area (Å²) in [5, 5.41) is 11.4. The Bertz CT molecular complexity index is 853. The Morgan fingerprint density at radius 1 is 1.28 bits per heavy atom. The molecule has 0 spiro atoms. The van der Waals surface area contributed by atoms with E-state index in [0.29, 0.717) is 6.54 Å². The second kappa shape index (κ2) is 6.74. The van der Waals surface area contributed by atoms with Crippen LogP contribution in [-0.4, -0.2) is 33.5 Å². The SMILES string of the molecule is Bc1cnn2c(NCc3cccnc3)cc(N[C@H](C)C(C)(C)C)nc12. The number of fused-ring (bicyclic) bond motifs is 1. The first-order chi connectivity index (χ1) is 11.8. The predicted octanol–water partition coefficient (Wildman–Crippen LogP) is 1.84. The van der Waals surface area contributed by atoms with Crippen LogP contribution in [0, 0.1) is 5.41 Å². The first-order valence-electron chi connectivity index (χ1n) is 8.59. The number of hydrogen-bond acceptors (Lipinski definition) is 5. The molecular formula is C18H25BN6. The van der Waals surface area contributed by atoms with Gasteiger partial charge in [0.2, 0.25) is 0 Å². The Morgan fingerprint density at radius 3 is 2.76 bits per heavy atom. The summed E-state index contributed by atoms with van der Waals surface area (Å²) < 4.78 is 1.85. The monoisotopic (exact) mass is 336 g/mol. The lowest BCUT2D eigenvalue weighted by atomic mass is 9.88. The molecule has 2 N–H and O–H groups in total. The summed E-state index contributed by atoms with van der Waals surface area (Å²) in [6.07, 6.45) is 5.48. The van der Waals surface area contributed by atoms with Crippen LogP contribution < -0.4 is 16.1 Å². The van der Waals surface area contributed by atoms with E-state index in [0.717, 1.165) is 28.3 Å². The van der Waals surface area contributed by atoms with Gasteiger partial charge in [-0.1, -0.05) is 26.8 Å². The van der Waals surface area contributed by atoms with E-state index in [1.54, 1.807) is 6.20 Å². The summed E-state index contributed by atoms with van der Waals surface area (Å²) in [6.45, 7) is 9.51. The first kappa shape index (κ1) is 17.3. The maximum Gasteiger partial charge on any atom is 0.153 e. The van der Waals surface area contributed by atoms with Crippen molar-refractivity contribution < 1.29 is 0 Å². The van der Waals surface area contributed by atoms with Crippen molar-refractivity contribution in [1.82, 2.24) is 19.6 Å². The fraction of sp³-hybridized carbons (Fsp3) is 0.389. The van der Waals surface area contributed by atoms with Crippen molar-refractivity contribution in [2.24, 2.45) is 5.41 Å². The Balaban J connectivity index is 1.90. The van der Waals surface area contributed by atoms with Gasteiger partial charge in [0.1, 0.15) is 19.5 Å². The van der Waals surface area contributed by atoms with E-state index in [1.807, 2.05) is 43.0 Å². The van der Waals surface area contributed by atoms with Crippen molar-refractivity contribution in [1.29, 1.82) is 0 Å². The van der Waals surface area contributed by atoms with Crippen LogP contribution in [0.25, 0.3) is 5.65 Å². The van der Waals surface area contributed by atoms with Crippen LogP contribution in [0.4, 0.5) is 11.6 Å². The van der Waals surface area contributed by atoms with Gasteiger partial charge in [-0.2, -0.15) is 9.61 Å². The number of aromatic nitrogens is 4. The number of hydrogen-bond donors (Lipinski definition) is 2. The van der Waals surface area contributed by atoms with E-state index in [9.17, 15) is 0 Å². The molecule has 6 nitrogen and oxygen atoms in total. The molecule has 0 saturated heterocycles. The minimum absolute atomic E-state index is 0.145. The summed E-state index contributed by atoms with van der Waals surface area (Å²) in [5.74, 6) is 1.76. The van der Waals surface area contributed by atoms with E-state index in [1.165, 1.54) is 0 Å². The first-order valence-corrected chi connectivity index (χ1v) is 8.59. The predicted molar refractivity (Wildman–Crippen MR) is 105 cm³/mol. The summed E-state index contributed by atoms with van der Waals surface area (Å²) in [6, 6.07) is 6.29. The molecular weight excluding hydrogens is 311 g/mol. The van der Waals surface area contributed by atoms with Crippen LogP contribution in [-0.2, 0) is 6.54 Å². The molecule has 0 saturated carbocycles. The third-order valence-corrected chi connectivity index (χ3v) is 4.51. The van der Waals surface area contributed by atoms with Crippen molar-refractivity contribution in [2.75, 3.05) is 10.6 Å². The van der Waals surface area contributed by atoms with Gasteiger partial charge < -0.3 is 10.6 Å². The maximum absolute atomic E-state index is 4.74. The molecule has 0 aromatic carbocycles. The van der Waals surface area contributed by atoms with Crippen molar-refractivity contribution in [3.05, 3.63) is 42.4 Å². The van der Waals surface area contributed by atoms with Crippen LogP contribution in [0.5, 0.6) is 0 Å². The Labute approximate surface area is 149 Å². The fourth-order valence-corrected chi connectivity index (χ4v) is 2.41. The van der Waals surface area contributed by atoms with Crippen LogP contribution >= 0.6 is 0 Å². The van der Waals surface area contributed by atoms with Gasteiger partial charge in [-0.25, -0.2) is 4.98 Å². The van der Waals surface area contributed by atoms with Gasteiger partial charge in [-0.3, -0.25) is 4.98 Å². The molecule has 25 heavy (non-hydrogen) atoms. The molecule has 7 heteroatoms. The van der Waals surface area contributed by atoms with Crippen molar-refractivity contribution >= 4 is 30.6 Å². The normalized spacial score (nSPS) is 13.0. The second-order valence-corrected chi connectivity index (χ2v) is 7.54. The molecule has 130 valence electrons. The van der Waals surface area contributed by atoms with Gasteiger partial charge in [0, 0.05) is 37.2 Å². The molecule has 1 atom stereocenters. The van der Waals surface area contributed by atoms with Crippen molar-refractivity contribution in [2.45, 2.75) is 40.3 Å². The minimum atomic E-state index is 0.145. The second-order valence-electron chi connectivity index (χ2n) is 7.54. The molecule has 0 fully saturated rings. The lowest BCUT2D eigenvalue weighted by Gasteiger charge is -2.28. The smallest absolute Gasteiger partial charge is 0.153 e. The lowest BCUT2D eigenvalue weighted by molar-refractivity contribution is 0.359. The van der Waals surface area contributed by atoms with Gasteiger partial charge in [-0.05, 0) is 29.4 Å². The molecule has 3 heterocycles. The standard InChI is InChI=1S/C18H25BN6/c1-12(18(2,3)4)23-15-8-16(21-10-13-6-5-7-20-9-13)25-17(24-15)14(19)11-22-25/h5-9,11-12,21H,10,19H2,1-4H3,(H,23,24)/t12-/m1/s1. The molecule has 3 aromatic rings. The Hall–Kier alpha value is -2.57. The largest absolute Gasteiger partial charge is 0.367 e. The maximum atomic E-state index is 4.74. The van der Waals surface area contributed by atoms with Crippen LogP contribution in [0.3, 0.4) is 0 Å². The molecule has 0 radical (unpaired) electrons. The van der Waals surface area contributed by atoms with Crippen molar-refractivity contribution in [3.8, 4) is 0 Å². The summed E-state index contributed by atoms with van der Waals surface area (Å²) in [7, 11) is 2.02. The van der Waals surface area contributed by atoms with Crippen LogP contribution in [0.1, 0.15) is 33.3 Å². The molecule has 0 aliphatic rings. The van der Waals surface area contributed by atoms with E-state index in [4.69, 9.17) is 4.98 Å². The van der Waals surface area contributed by atoms with E-state index in [-0.39, 0.29) is 11.5 Å². The zero-order chi connectivity index (χ0) is 18.0. The Kier molecular flexibility index (Phi) is 4.66. The molecule has 0 aliphatic heterocycles. The quantitative estimate of drug-likeness (QED) is 0.696. The van der Waals surface area contributed by atoms with Gasteiger partial charge in [0.05, 0.1) is 0 Å². The number of rotatable bonds is 5. The average Bonchev–Trinajstić information content (AvgIpc) is 2.94. The number of pyridine rings is 1. The van der Waals surface area contributed by atoms with Gasteiger partial charge in [0.15, 0.2) is 5.65 Å². The lowest BCUT2D eigenvalue weighted by Crippen LogP contribution is -2.31. The summed E-state index contributed by atoms with van der Waals surface area (Å²) >= 11 is 0. The highest BCUT2D eigenvalue weighted by Crippen LogP contribution is 2.23. The highest BCUT2D eigenvalue weighted by Gasteiger charge is 2.21. The van der Waals surface area contributed by atoms with E-state index < -0.39 is 0 Å². The highest BCUT2D eigenvalue weighted by atomic mass is 15.3. The summed E-state index contributed by atoms with van der Waals surface area (Å²) in [5.41, 5.74) is 3.18.